The van der Waals surface area contributed by atoms with Crippen LogP contribution in [0.25, 0.3) is 12.2 Å². The van der Waals surface area contributed by atoms with Crippen LogP contribution in [0.2, 0.25) is 0 Å². The molecule has 1 aliphatic heterocycles. The summed E-state index contributed by atoms with van der Waals surface area (Å²) in [6, 6.07) is 8.96. The number of imidazole rings is 1. The molecule has 146 valence electrons. The SMILES string of the molecule is CCc1cc(C(C#N)N2CCC2)ccc1N(C)C1(C)C=c2c(ncn2C)=CC1. The Morgan fingerprint density at radius 1 is 1.36 bits per heavy atom. The smallest absolute Gasteiger partial charge is 0.123 e. The monoisotopic (exact) mass is 375 g/mol. The van der Waals surface area contributed by atoms with Crippen LogP contribution >= 0.6 is 0 Å². The average molecular weight is 376 g/mol. The number of aromatic nitrogens is 2. The lowest BCUT2D eigenvalue weighted by Gasteiger charge is -2.40. The van der Waals surface area contributed by atoms with Gasteiger partial charge in [0.15, 0.2) is 0 Å². The Hall–Kier alpha value is -2.58. The van der Waals surface area contributed by atoms with Gasteiger partial charge in [-0.05, 0) is 49.5 Å². The molecule has 2 aliphatic rings. The number of hydrogen-bond donors (Lipinski definition) is 0. The molecule has 0 amide bonds. The van der Waals surface area contributed by atoms with Crippen LogP contribution in [-0.2, 0) is 13.5 Å². The van der Waals surface area contributed by atoms with E-state index in [1.54, 1.807) is 0 Å². The van der Waals surface area contributed by atoms with Gasteiger partial charge in [-0.2, -0.15) is 5.26 Å². The zero-order valence-corrected chi connectivity index (χ0v) is 17.3. The fraction of sp³-hybridized carbons (Fsp3) is 0.478. The second-order valence-corrected chi connectivity index (χ2v) is 8.26. The summed E-state index contributed by atoms with van der Waals surface area (Å²) in [4.78, 5) is 9.12. The number of nitriles is 1. The second kappa shape index (κ2) is 7.10. The van der Waals surface area contributed by atoms with Crippen molar-refractivity contribution in [3.8, 4) is 6.07 Å². The highest BCUT2D eigenvalue weighted by Gasteiger charge is 2.31. The maximum Gasteiger partial charge on any atom is 0.123 e. The van der Waals surface area contributed by atoms with Crippen molar-refractivity contribution in [2.75, 3.05) is 25.0 Å². The average Bonchev–Trinajstić information content (AvgIpc) is 3.03. The Bertz CT molecular complexity index is 1040. The highest BCUT2D eigenvalue weighted by atomic mass is 15.2. The van der Waals surface area contributed by atoms with Gasteiger partial charge < -0.3 is 9.47 Å². The first-order chi connectivity index (χ1) is 13.5. The summed E-state index contributed by atoms with van der Waals surface area (Å²) in [5, 5.41) is 11.9. The van der Waals surface area contributed by atoms with Crippen LogP contribution in [0.3, 0.4) is 0 Å². The quantitative estimate of drug-likeness (QED) is 0.803. The van der Waals surface area contributed by atoms with Crippen LogP contribution < -0.4 is 15.6 Å². The number of fused-ring (bicyclic) bond motifs is 1. The number of benzene rings is 1. The van der Waals surface area contributed by atoms with Crippen LogP contribution in [0.15, 0.2) is 24.5 Å². The van der Waals surface area contributed by atoms with Crippen molar-refractivity contribution in [1.29, 1.82) is 5.26 Å². The van der Waals surface area contributed by atoms with Gasteiger partial charge in [0.05, 0.1) is 28.6 Å². The highest BCUT2D eigenvalue weighted by molar-refractivity contribution is 5.63. The molecule has 0 spiro atoms. The van der Waals surface area contributed by atoms with Crippen LogP contribution in [0.4, 0.5) is 5.69 Å². The zero-order valence-electron chi connectivity index (χ0n) is 17.3. The number of hydrogen-bond acceptors (Lipinski definition) is 4. The van der Waals surface area contributed by atoms with Gasteiger partial charge in [-0.15, -0.1) is 0 Å². The summed E-state index contributed by atoms with van der Waals surface area (Å²) in [6.45, 7) is 6.53. The van der Waals surface area contributed by atoms with Gasteiger partial charge >= 0.3 is 0 Å². The van der Waals surface area contributed by atoms with Gasteiger partial charge in [-0.1, -0.05) is 25.1 Å². The first kappa shape index (κ1) is 18.8. The molecular formula is C23H29N5. The van der Waals surface area contributed by atoms with E-state index in [4.69, 9.17) is 0 Å². The first-order valence-corrected chi connectivity index (χ1v) is 10.2. The van der Waals surface area contributed by atoms with E-state index in [1.165, 1.54) is 23.0 Å². The Morgan fingerprint density at radius 3 is 2.79 bits per heavy atom. The van der Waals surface area contributed by atoms with Gasteiger partial charge in [0.2, 0.25) is 0 Å². The second-order valence-electron chi connectivity index (χ2n) is 8.26. The summed E-state index contributed by atoms with van der Waals surface area (Å²) in [5.41, 5.74) is 3.54. The molecule has 28 heavy (non-hydrogen) atoms. The number of aryl methyl sites for hydroxylation is 2. The van der Waals surface area contributed by atoms with Crippen molar-refractivity contribution in [2.45, 2.75) is 44.7 Å². The minimum absolute atomic E-state index is 0.113. The molecule has 0 N–H and O–H groups in total. The standard InChI is InChI=1S/C23H29N5/c1-5-17-13-18(22(15-24)28-11-6-12-28)7-8-20(17)27(4)23(2)10-9-19-21(14-23)26(3)16-25-19/h7-9,13-14,16,22H,5-6,10-12H2,1-4H3. The fourth-order valence-electron chi connectivity index (χ4n) is 4.31. The van der Waals surface area contributed by atoms with Crippen LogP contribution in [0, 0.1) is 11.3 Å². The van der Waals surface area contributed by atoms with E-state index in [-0.39, 0.29) is 11.6 Å². The fourth-order valence-corrected chi connectivity index (χ4v) is 4.31. The molecule has 1 aromatic carbocycles. The lowest BCUT2D eigenvalue weighted by molar-refractivity contribution is 0.148. The molecule has 1 aromatic heterocycles. The molecule has 2 heterocycles. The molecule has 5 nitrogen and oxygen atoms in total. The molecule has 1 aliphatic carbocycles. The number of likely N-dealkylation sites (tertiary alicyclic amines) is 1. The molecule has 2 aromatic rings. The van der Waals surface area contributed by atoms with E-state index in [1.807, 2.05) is 13.4 Å². The van der Waals surface area contributed by atoms with Crippen molar-refractivity contribution in [1.82, 2.24) is 14.5 Å². The van der Waals surface area contributed by atoms with E-state index >= 15 is 0 Å². The molecule has 4 rings (SSSR count). The van der Waals surface area contributed by atoms with Crippen molar-refractivity contribution in [3.05, 3.63) is 46.4 Å². The molecule has 2 unspecified atom stereocenters. The van der Waals surface area contributed by atoms with Gasteiger partial charge in [-0.25, -0.2) is 4.98 Å². The maximum absolute atomic E-state index is 9.68. The van der Waals surface area contributed by atoms with Crippen molar-refractivity contribution in [3.63, 3.8) is 0 Å². The summed E-state index contributed by atoms with van der Waals surface area (Å²) in [5.74, 6) is 0. The van der Waals surface area contributed by atoms with E-state index in [0.717, 1.165) is 36.8 Å². The van der Waals surface area contributed by atoms with Crippen LogP contribution in [0.1, 0.15) is 43.9 Å². The van der Waals surface area contributed by atoms with E-state index in [9.17, 15) is 5.26 Å². The summed E-state index contributed by atoms with van der Waals surface area (Å²) in [6.07, 6.45) is 9.52. The zero-order chi connectivity index (χ0) is 19.9. The molecular weight excluding hydrogens is 346 g/mol. The third-order valence-electron chi connectivity index (χ3n) is 6.47. The lowest BCUT2D eigenvalue weighted by Crippen LogP contribution is -2.48. The molecule has 0 saturated carbocycles. The van der Waals surface area contributed by atoms with Gasteiger partial charge in [0, 0.05) is 32.9 Å². The molecule has 1 saturated heterocycles. The molecule has 0 radical (unpaired) electrons. The number of nitrogens with zero attached hydrogens (tertiary/aromatic N) is 5. The van der Waals surface area contributed by atoms with Crippen molar-refractivity contribution >= 4 is 17.8 Å². The Morgan fingerprint density at radius 2 is 2.14 bits per heavy atom. The summed E-state index contributed by atoms with van der Waals surface area (Å²) in [7, 11) is 4.23. The predicted octanol–water partition coefficient (Wildman–Crippen LogP) is 2.11. The largest absolute Gasteiger partial charge is 0.365 e. The normalized spacial score (nSPS) is 22.2. The van der Waals surface area contributed by atoms with Crippen LogP contribution in [0.5, 0.6) is 0 Å². The van der Waals surface area contributed by atoms with Gasteiger partial charge in [0.1, 0.15) is 6.04 Å². The lowest BCUT2D eigenvalue weighted by atomic mass is 9.90. The highest BCUT2D eigenvalue weighted by Crippen LogP contribution is 2.34. The Kier molecular flexibility index (Phi) is 4.76. The van der Waals surface area contributed by atoms with Gasteiger partial charge in [0.25, 0.3) is 0 Å². The molecule has 1 fully saturated rings. The van der Waals surface area contributed by atoms with E-state index in [2.05, 4.69) is 76.7 Å². The molecule has 0 bridgehead atoms. The van der Waals surface area contributed by atoms with Gasteiger partial charge in [-0.3, -0.25) is 4.90 Å². The Labute approximate surface area is 167 Å². The third kappa shape index (κ3) is 3.02. The molecule has 5 heteroatoms. The minimum Gasteiger partial charge on any atom is -0.365 e. The summed E-state index contributed by atoms with van der Waals surface area (Å²) < 4.78 is 2.09. The van der Waals surface area contributed by atoms with Crippen molar-refractivity contribution < 1.29 is 0 Å². The van der Waals surface area contributed by atoms with E-state index < -0.39 is 0 Å². The predicted molar refractivity (Wildman–Crippen MR) is 113 cm³/mol. The van der Waals surface area contributed by atoms with Crippen LogP contribution in [-0.4, -0.2) is 40.1 Å². The number of anilines is 1. The summed E-state index contributed by atoms with van der Waals surface area (Å²) >= 11 is 0. The minimum atomic E-state index is -0.124. The molecule has 2 atom stereocenters. The maximum atomic E-state index is 9.68. The van der Waals surface area contributed by atoms with Crippen molar-refractivity contribution in [2.24, 2.45) is 7.05 Å². The van der Waals surface area contributed by atoms with E-state index in [0.29, 0.717) is 0 Å². The number of rotatable bonds is 5. The Balaban J connectivity index is 1.69. The first-order valence-electron chi connectivity index (χ1n) is 10.2. The third-order valence-corrected chi connectivity index (χ3v) is 6.47. The topological polar surface area (TPSA) is 48.1 Å².